The molecule has 170 valence electrons. The smallest absolute Gasteiger partial charge is 0.245 e. The molecule has 3 aromatic rings. The molecule has 5 rings (SSSR count). The lowest BCUT2D eigenvalue weighted by molar-refractivity contribution is -0.134. The first-order valence-electron chi connectivity index (χ1n) is 11.5. The van der Waals surface area contributed by atoms with Crippen molar-refractivity contribution >= 4 is 23.3 Å². The largest absolute Gasteiger partial charge is 0.461 e. The lowest BCUT2D eigenvalue weighted by Crippen LogP contribution is -2.54. The van der Waals surface area contributed by atoms with Crippen LogP contribution in [-0.4, -0.2) is 80.6 Å². The Morgan fingerprint density at radius 2 is 2.06 bits per heavy atom. The molecule has 0 radical (unpaired) electrons. The van der Waals surface area contributed by atoms with Crippen LogP contribution in [0.15, 0.2) is 28.9 Å². The Hall–Kier alpha value is -3.14. The maximum atomic E-state index is 13.4. The van der Waals surface area contributed by atoms with Crippen molar-refractivity contribution in [2.24, 2.45) is 0 Å². The van der Waals surface area contributed by atoms with Gasteiger partial charge in [-0.25, -0.2) is 4.98 Å². The summed E-state index contributed by atoms with van der Waals surface area (Å²) in [5.74, 6) is 2.13. The first kappa shape index (κ1) is 20.7. The summed E-state index contributed by atoms with van der Waals surface area (Å²) in [5.41, 5.74) is 6.79. The summed E-state index contributed by atoms with van der Waals surface area (Å²) >= 11 is 0. The van der Waals surface area contributed by atoms with Crippen LogP contribution in [0.5, 0.6) is 0 Å². The fourth-order valence-corrected chi connectivity index (χ4v) is 4.64. The summed E-state index contributed by atoms with van der Waals surface area (Å²) in [6.07, 6.45) is 5.77. The van der Waals surface area contributed by atoms with Crippen molar-refractivity contribution in [3.05, 3.63) is 24.5 Å². The van der Waals surface area contributed by atoms with E-state index in [0.29, 0.717) is 23.0 Å². The molecule has 1 atom stereocenters. The van der Waals surface area contributed by atoms with E-state index in [1.54, 1.807) is 18.4 Å². The van der Waals surface area contributed by atoms with E-state index >= 15 is 0 Å². The number of nitrogens with two attached hydrogens (primary N) is 1. The molecule has 10 nitrogen and oxygen atoms in total. The van der Waals surface area contributed by atoms with Crippen LogP contribution in [-0.2, 0) is 4.79 Å². The predicted octanol–water partition coefficient (Wildman–Crippen LogP) is 1.88. The molecule has 32 heavy (non-hydrogen) atoms. The van der Waals surface area contributed by atoms with Gasteiger partial charge in [-0.15, -0.1) is 5.10 Å². The Labute approximate surface area is 187 Å². The van der Waals surface area contributed by atoms with Crippen LogP contribution in [0.3, 0.4) is 0 Å². The maximum absolute atomic E-state index is 13.4. The highest BCUT2D eigenvalue weighted by atomic mass is 16.3. The molecule has 0 spiro atoms. The number of unbranched alkanes of at least 4 members (excludes halogenated alkanes) is 1. The molecule has 2 aliphatic heterocycles. The van der Waals surface area contributed by atoms with Gasteiger partial charge in [-0.3, -0.25) is 9.69 Å². The molecule has 5 heterocycles. The summed E-state index contributed by atoms with van der Waals surface area (Å²) in [5, 5.41) is 4.40. The molecule has 0 aliphatic carbocycles. The van der Waals surface area contributed by atoms with Crippen LogP contribution in [0.1, 0.15) is 32.6 Å². The molecule has 0 saturated carbocycles. The van der Waals surface area contributed by atoms with Gasteiger partial charge in [0.2, 0.25) is 17.7 Å². The number of fused-ring (bicyclic) bond motifs is 1. The fraction of sp³-hybridized carbons (Fsp3) is 0.545. The summed E-state index contributed by atoms with van der Waals surface area (Å²) in [7, 11) is 0. The van der Waals surface area contributed by atoms with Crippen molar-refractivity contribution in [2.75, 3.05) is 49.9 Å². The number of nitrogen functional groups attached to an aromatic ring is 1. The van der Waals surface area contributed by atoms with Gasteiger partial charge in [0.15, 0.2) is 11.4 Å². The molecule has 0 bridgehead atoms. The Morgan fingerprint density at radius 1 is 1.22 bits per heavy atom. The van der Waals surface area contributed by atoms with Crippen molar-refractivity contribution in [2.45, 2.75) is 38.6 Å². The van der Waals surface area contributed by atoms with Crippen LogP contribution in [0.25, 0.3) is 17.2 Å². The third-order valence-corrected chi connectivity index (χ3v) is 6.42. The van der Waals surface area contributed by atoms with E-state index in [1.807, 2.05) is 11.0 Å². The summed E-state index contributed by atoms with van der Waals surface area (Å²) in [6.45, 7) is 7.58. The molecule has 10 heteroatoms. The van der Waals surface area contributed by atoms with Gasteiger partial charge in [-0.05, 0) is 37.9 Å². The van der Waals surface area contributed by atoms with Crippen molar-refractivity contribution in [3.8, 4) is 11.6 Å². The third-order valence-electron chi connectivity index (χ3n) is 6.42. The normalized spacial score (nSPS) is 19.8. The van der Waals surface area contributed by atoms with E-state index in [0.717, 1.165) is 52.1 Å². The number of nitrogens with zero attached hydrogens (tertiary/aromatic N) is 7. The number of rotatable bonds is 6. The van der Waals surface area contributed by atoms with Gasteiger partial charge in [0.25, 0.3) is 0 Å². The second-order valence-corrected chi connectivity index (χ2v) is 8.53. The number of hydrogen-bond donors (Lipinski definition) is 1. The van der Waals surface area contributed by atoms with Gasteiger partial charge in [0.05, 0.1) is 6.26 Å². The SMILES string of the molecule is CCCCN1CCN(C(=O)[C@@H]2CCCN2c2cc3nc(-c4ccco4)nn3c(N)n2)CC1. The molecule has 2 N–H and O–H groups in total. The van der Waals surface area contributed by atoms with Gasteiger partial charge < -0.3 is 20.0 Å². The minimum Gasteiger partial charge on any atom is -0.461 e. The molecule has 0 aromatic carbocycles. The van der Waals surface area contributed by atoms with Gasteiger partial charge in [0.1, 0.15) is 11.9 Å². The van der Waals surface area contributed by atoms with E-state index in [1.165, 1.54) is 17.4 Å². The van der Waals surface area contributed by atoms with Crippen LogP contribution in [0.4, 0.5) is 11.8 Å². The van der Waals surface area contributed by atoms with E-state index in [-0.39, 0.29) is 17.9 Å². The van der Waals surface area contributed by atoms with E-state index in [9.17, 15) is 4.79 Å². The molecule has 2 saturated heterocycles. The highest BCUT2D eigenvalue weighted by Crippen LogP contribution is 2.28. The second-order valence-electron chi connectivity index (χ2n) is 8.53. The first-order valence-corrected chi connectivity index (χ1v) is 11.5. The monoisotopic (exact) mass is 438 g/mol. The maximum Gasteiger partial charge on any atom is 0.245 e. The van der Waals surface area contributed by atoms with Crippen molar-refractivity contribution < 1.29 is 9.21 Å². The Kier molecular flexibility index (Phi) is 5.69. The lowest BCUT2D eigenvalue weighted by atomic mass is 10.1. The number of hydrogen-bond acceptors (Lipinski definition) is 8. The number of furan rings is 1. The summed E-state index contributed by atoms with van der Waals surface area (Å²) in [6, 6.07) is 5.23. The van der Waals surface area contributed by atoms with Gasteiger partial charge in [-0.2, -0.15) is 9.50 Å². The molecule has 0 unspecified atom stereocenters. The van der Waals surface area contributed by atoms with E-state index in [2.05, 4.69) is 31.8 Å². The zero-order chi connectivity index (χ0) is 22.1. The summed E-state index contributed by atoms with van der Waals surface area (Å²) in [4.78, 5) is 29.0. The molecule has 3 aromatic heterocycles. The zero-order valence-electron chi connectivity index (χ0n) is 18.5. The summed E-state index contributed by atoms with van der Waals surface area (Å²) < 4.78 is 6.90. The molecular formula is C22H30N8O2. The molecule has 2 fully saturated rings. The van der Waals surface area contributed by atoms with Crippen LogP contribution in [0.2, 0.25) is 0 Å². The Balaban J connectivity index is 1.33. The topological polar surface area (TPSA) is 109 Å². The highest BCUT2D eigenvalue weighted by molar-refractivity contribution is 5.86. The minimum absolute atomic E-state index is 0.190. The average molecular weight is 439 g/mol. The van der Waals surface area contributed by atoms with Crippen LogP contribution < -0.4 is 10.6 Å². The van der Waals surface area contributed by atoms with Crippen LogP contribution in [0, 0.1) is 0 Å². The molecular weight excluding hydrogens is 408 g/mol. The quantitative estimate of drug-likeness (QED) is 0.621. The number of aromatic nitrogens is 4. The van der Waals surface area contributed by atoms with E-state index in [4.69, 9.17) is 10.2 Å². The minimum atomic E-state index is -0.209. The average Bonchev–Trinajstić information content (AvgIpc) is 3.57. The Morgan fingerprint density at radius 3 is 2.81 bits per heavy atom. The van der Waals surface area contributed by atoms with Crippen molar-refractivity contribution in [1.29, 1.82) is 0 Å². The van der Waals surface area contributed by atoms with Gasteiger partial charge >= 0.3 is 0 Å². The van der Waals surface area contributed by atoms with Crippen LogP contribution >= 0.6 is 0 Å². The molecule has 2 aliphatic rings. The first-order chi connectivity index (χ1) is 15.6. The van der Waals surface area contributed by atoms with Crippen molar-refractivity contribution in [1.82, 2.24) is 29.4 Å². The number of anilines is 2. The number of carbonyl (C=O) groups excluding carboxylic acids is 1. The third kappa shape index (κ3) is 3.90. The number of carbonyl (C=O) groups is 1. The van der Waals surface area contributed by atoms with Gasteiger partial charge in [0, 0.05) is 38.8 Å². The predicted molar refractivity (Wildman–Crippen MR) is 121 cm³/mol. The second kappa shape index (κ2) is 8.78. The van der Waals surface area contributed by atoms with Crippen molar-refractivity contribution in [3.63, 3.8) is 0 Å². The standard InChI is InChI=1S/C22H30N8O2/c1-2-3-8-27-10-12-28(13-11-27)21(31)16-6-4-9-29(16)18-15-19-24-20(17-7-5-14-32-17)26-30(19)22(23)25-18/h5,7,14-16H,2-4,6,8-13H2,1H3,(H2,23,25)/t16-/m0/s1. The van der Waals surface area contributed by atoms with Gasteiger partial charge in [-0.1, -0.05) is 13.3 Å². The molecule has 1 amide bonds. The number of piperazine rings is 1. The fourth-order valence-electron chi connectivity index (χ4n) is 4.64. The number of amides is 1. The Bertz CT molecular complexity index is 1070. The lowest BCUT2D eigenvalue weighted by Gasteiger charge is -2.37. The zero-order valence-corrected chi connectivity index (χ0v) is 18.5. The highest BCUT2D eigenvalue weighted by Gasteiger charge is 2.36. The van der Waals surface area contributed by atoms with E-state index < -0.39 is 0 Å².